The maximum atomic E-state index is 9.77. The van der Waals surface area contributed by atoms with E-state index in [9.17, 15) is 5.11 Å². The summed E-state index contributed by atoms with van der Waals surface area (Å²) in [6, 6.07) is 8.54. The van der Waals surface area contributed by atoms with Crippen molar-refractivity contribution in [1.82, 2.24) is 0 Å². The molecule has 1 aliphatic heterocycles. The van der Waals surface area contributed by atoms with E-state index in [4.69, 9.17) is 0 Å². The number of hydrogen-bond acceptors (Lipinski definition) is 1. The van der Waals surface area contributed by atoms with Gasteiger partial charge in [0.05, 0.1) is 13.6 Å². The van der Waals surface area contributed by atoms with E-state index in [0.29, 0.717) is 0 Å². The first kappa shape index (κ1) is 12.3. The Bertz CT molecular complexity index is 369. The van der Waals surface area contributed by atoms with E-state index in [0.717, 1.165) is 30.4 Å². The zero-order chi connectivity index (χ0) is 11.6. The fraction of sp³-hybridized carbons (Fsp3) is 0.538. The van der Waals surface area contributed by atoms with Crippen molar-refractivity contribution in [2.45, 2.75) is 25.5 Å². The summed E-state index contributed by atoms with van der Waals surface area (Å²) in [5, 5.41) is 9.77. The molecule has 0 amide bonds. The number of quaternary nitrogens is 1. The van der Waals surface area contributed by atoms with Crippen molar-refractivity contribution in [3.05, 3.63) is 33.4 Å². The van der Waals surface area contributed by atoms with Gasteiger partial charge in [-0.1, -0.05) is 18.2 Å². The average molecular weight is 332 g/mol. The van der Waals surface area contributed by atoms with Crippen molar-refractivity contribution >= 4 is 22.6 Å². The van der Waals surface area contributed by atoms with Crippen LogP contribution in [-0.2, 0) is 6.54 Å². The fourth-order valence-corrected chi connectivity index (χ4v) is 3.14. The van der Waals surface area contributed by atoms with Crippen molar-refractivity contribution in [3.63, 3.8) is 0 Å². The summed E-state index contributed by atoms with van der Waals surface area (Å²) in [5.74, 6) is 0. The molecule has 0 bridgehead atoms. The van der Waals surface area contributed by atoms with Crippen LogP contribution < -0.4 is 0 Å². The van der Waals surface area contributed by atoms with Crippen molar-refractivity contribution < 1.29 is 9.59 Å². The van der Waals surface area contributed by atoms with Crippen LogP contribution in [0.2, 0.25) is 0 Å². The second kappa shape index (κ2) is 5.02. The maximum absolute atomic E-state index is 9.77. The predicted molar refractivity (Wildman–Crippen MR) is 74.0 cm³/mol. The lowest BCUT2D eigenvalue weighted by Gasteiger charge is -2.40. The minimum atomic E-state index is -0.111. The van der Waals surface area contributed by atoms with Gasteiger partial charge in [-0.15, -0.1) is 0 Å². The molecule has 88 valence electrons. The van der Waals surface area contributed by atoms with Crippen molar-refractivity contribution in [1.29, 1.82) is 0 Å². The lowest BCUT2D eigenvalue weighted by Crippen LogP contribution is -2.52. The van der Waals surface area contributed by atoms with Gasteiger partial charge in [-0.05, 0) is 41.5 Å². The van der Waals surface area contributed by atoms with Gasteiger partial charge in [-0.25, -0.2) is 0 Å². The summed E-state index contributed by atoms with van der Waals surface area (Å²) in [4.78, 5) is 0. The van der Waals surface area contributed by atoms with E-state index >= 15 is 0 Å². The third-order valence-corrected chi connectivity index (χ3v) is 4.45. The number of aliphatic hydroxyl groups is 1. The number of hydrogen-bond donors (Lipinski definition) is 1. The van der Waals surface area contributed by atoms with Gasteiger partial charge in [-0.3, -0.25) is 0 Å². The van der Waals surface area contributed by atoms with Crippen LogP contribution in [-0.4, -0.2) is 35.8 Å². The van der Waals surface area contributed by atoms with Crippen LogP contribution in [0.1, 0.15) is 18.4 Å². The van der Waals surface area contributed by atoms with Crippen LogP contribution in [0, 0.1) is 3.57 Å². The normalized spacial score (nSPS) is 30.3. The first-order chi connectivity index (χ1) is 7.59. The summed E-state index contributed by atoms with van der Waals surface area (Å²) >= 11 is 2.40. The Morgan fingerprint density at radius 2 is 2.19 bits per heavy atom. The standard InChI is InChI=1S/C13H19INO/c1-15(8-4-6-12(16)10-15)9-11-5-2-3-7-13(11)14/h2-3,5,7,12,16H,4,6,8-10H2,1H3/q+1. The highest BCUT2D eigenvalue weighted by Crippen LogP contribution is 2.22. The largest absolute Gasteiger partial charge is 0.387 e. The van der Waals surface area contributed by atoms with Gasteiger partial charge in [0, 0.05) is 9.13 Å². The molecule has 2 atom stereocenters. The SMILES string of the molecule is C[N+]1(Cc2ccccc2I)CCCC(O)C1. The van der Waals surface area contributed by atoms with Gasteiger partial charge in [0.2, 0.25) is 0 Å². The van der Waals surface area contributed by atoms with E-state index in [2.05, 4.69) is 53.9 Å². The van der Waals surface area contributed by atoms with E-state index in [1.54, 1.807) is 0 Å². The molecule has 16 heavy (non-hydrogen) atoms. The quantitative estimate of drug-likeness (QED) is 0.651. The van der Waals surface area contributed by atoms with Gasteiger partial charge in [0.15, 0.2) is 0 Å². The molecule has 1 saturated heterocycles. The molecule has 1 aromatic carbocycles. The highest BCUT2D eigenvalue weighted by molar-refractivity contribution is 14.1. The Morgan fingerprint density at radius 3 is 2.88 bits per heavy atom. The minimum absolute atomic E-state index is 0.111. The second-order valence-corrected chi connectivity index (χ2v) is 6.23. The third kappa shape index (κ3) is 2.96. The summed E-state index contributed by atoms with van der Waals surface area (Å²) in [6.07, 6.45) is 2.00. The monoisotopic (exact) mass is 332 g/mol. The number of likely N-dealkylation sites (tertiary alicyclic amines) is 1. The predicted octanol–water partition coefficient (Wildman–Crippen LogP) is 2.39. The first-order valence-electron chi connectivity index (χ1n) is 5.84. The Labute approximate surface area is 111 Å². The van der Waals surface area contributed by atoms with Gasteiger partial charge >= 0.3 is 0 Å². The highest BCUT2D eigenvalue weighted by Gasteiger charge is 2.30. The molecule has 0 aliphatic carbocycles. The summed E-state index contributed by atoms with van der Waals surface area (Å²) in [6.45, 7) is 3.11. The molecule has 3 heteroatoms. The van der Waals surface area contributed by atoms with E-state index in [-0.39, 0.29) is 6.10 Å². The Balaban J connectivity index is 2.11. The molecule has 1 heterocycles. The lowest BCUT2D eigenvalue weighted by atomic mass is 10.0. The number of piperidine rings is 1. The van der Waals surface area contributed by atoms with Crippen LogP contribution in [0.4, 0.5) is 0 Å². The molecule has 1 aliphatic rings. The molecule has 1 N–H and O–H groups in total. The first-order valence-corrected chi connectivity index (χ1v) is 6.92. The van der Waals surface area contributed by atoms with Crippen LogP contribution in [0.25, 0.3) is 0 Å². The topological polar surface area (TPSA) is 20.2 Å². The molecule has 2 nitrogen and oxygen atoms in total. The van der Waals surface area contributed by atoms with Crippen molar-refractivity contribution in [2.24, 2.45) is 0 Å². The summed E-state index contributed by atoms with van der Waals surface area (Å²) in [5.41, 5.74) is 1.40. The summed E-state index contributed by atoms with van der Waals surface area (Å²) in [7, 11) is 2.26. The highest BCUT2D eigenvalue weighted by atomic mass is 127. The molecule has 0 spiro atoms. The molecule has 2 rings (SSSR count). The number of likely N-dealkylation sites (N-methyl/N-ethyl adjacent to an activating group) is 1. The van der Waals surface area contributed by atoms with Crippen LogP contribution >= 0.6 is 22.6 Å². The van der Waals surface area contributed by atoms with Gasteiger partial charge in [-0.2, -0.15) is 0 Å². The number of nitrogens with zero attached hydrogens (tertiary/aromatic N) is 1. The maximum Gasteiger partial charge on any atom is 0.105 e. The zero-order valence-electron chi connectivity index (χ0n) is 9.69. The molecule has 2 unspecified atom stereocenters. The summed E-state index contributed by atoms with van der Waals surface area (Å²) < 4.78 is 2.31. The number of rotatable bonds is 2. The average Bonchev–Trinajstić information content (AvgIpc) is 2.21. The number of benzene rings is 1. The van der Waals surface area contributed by atoms with Crippen LogP contribution in [0.15, 0.2) is 24.3 Å². The molecule has 1 fully saturated rings. The third-order valence-electron chi connectivity index (χ3n) is 3.40. The fourth-order valence-electron chi connectivity index (χ4n) is 2.58. The van der Waals surface area contributed by atoms with E-state index in [1.807, 2.05) is 0 Å². The minimum Gasteiger partial charge on any atom is -0.387 e. The Hall–Kier alpha value is -0.130. The van der Waals surface area contributed by atoms with Crippen LogP contribution in [0.5, 0.6) is 0 Å². The van der Waals surface area contributed by atoms with Gasteiger partial charge in [0.1, 0.15) is 19.2 Å². The molecule has 0 aromatic heterocycles. The van der Waals surface area contributed by atoms with E-state index < -0.39 is 0 Å². The lowest BCUT2D eigenvalue weighted by molar-refractivity contribution is -0.930. The molecule has 0 saturated carbocycles. The molecular weight excluding hydrogens is 313 g/mol. The van der Waals surface area contributed by atoms with Gasteiger partial charge < -0.3 is 9.59 Å². The molecular formula is C13H19INO+. The zero-order valence-corrected chi connectivity index (χ0v) is 11.9. The number of aliphatic hydroxyl groups excluding tert-OH is 1. The Morgan fingerprint density at radius 1 is 1.44 bits per heavy atom. The number of halogens is 1. The Kier molecular flexibility index (Phi) is 3.87. The molecule has 1 aromatic rings. The smallest absolute Gasteiger partial charge is 0.105 e. The molecule has 0 radical (unpaired) electrons. The van der Waals surface area contributed by atoms with Crippen molar-refractivity contribution in [2.75, 3.05) is 20.1 Å². The van der Waals surface area contributed by atoms with Crippen molar-refractivity contribution in [3.8, 4) is 0 Å². The van der Waals surface area contributed by atoms with E-state index in [1.165, 1.54) is 15.7 Å². The van der Waals surface area contributed by atoms with Gasteiger partial charge in [0.25, 0.3) is 0 Å². The van der Waals surface area contributed by atoms with Crippen LogP contribution in [0.3, 0.4) is 0 Å². The second-order valence-electron chi connectivity index (χ2n) is 5.07.